The number of aromatic hydroxyl groups is 1. The number of ether oxygens (including phenoxy) is 3. The molecule has 0 aliphatic carbocycles. The quantitative estimate of drug-likeness (QED) is 0.529. The number of phenols is 1. The van der Waals surface area contributed by atoms with Crippen LogP contribution in [0, 0.1) is 6.92 Å². The minimum absolute atomic E-state index is 0.0137. The monoisotopic (exact) mass is 340 g/mol. The molecule has 0 radical (unpaired) electrons. The van der Waals surface area contributed by atoms with Gasteiger partial charge in [-0.25, -0.2) is 4.79 Å². The van der Waals surface area contributed by atoms with E-state index in [1.165, 1.54) is 0 Å². The van der Waals surface area contributed by atoms with Crippen molar-refractivity contribution in [2.75, 3.05) is 39.6 Å². The lowest BCUT2D eigenvalue weighted by Crippen LogP contribution is -2.16. The van der Waals surface area contributed by atoms with Gasteiger partial charge in [-0.1, -0.05) is 20.8 Å². The molecular weight excluding hydrogens is 312 g/mol. The molecule has 0 heterocycles. The zero-order valence-electron chi connectivity index (χ0n) is 14.9. The molecule has 0 spiro atoms. The minimum atomic E-state index is -0.441. The van der Waals surface area contributed by atoms with Crippen molar-refractivity contribution < 1.29 is 29.2 Å². The van der Waals surface area contributed by atoms with Crippen LogP contribution in [0.4, 0.5) is 0 Å². The number of hydrogen-bond acceptors (Lipinski definition) is 6. The van der Waals surface area contributed by atoms with Gasteiger partial charge in [0, 0.05) is 5.56 Å². The fourth-order valence-electron chi connectivity index (χ4n) is 2.13. The second kappa shape index (κ2) is 9.61. The molecular formula is C18H28O6. The Balaban J connectivity index is 2.50. The summed E-state index contributed by atoms with van der Waals surface area (Å²) in [5, 5.41) is 18.7. The fourth-order valence-corrected chi connectivity index (χ4v) is 2.13. The lowest BCUT2D eigenvalue weighted by molar-refractivity contribution is 0.00919. The molecule has 0 atom stereocenters. The molecule has 6 nitrogen and oxygen atoms in total. The van der Waals surface area contributed by atoms with Crippen LogP contribution in [0.5, 0.6) is 5.75 Å². The molecule has 0 unspecified atom stereocenters. The normalized spacial score (nSPS) is 11.5. The summed E-state index contributed by atoms with van der Waals surface area (Å²) >= 11 is 0. The van der Waals surface area contributed by atoms with Crippen molar-refractivity contribution in [2.24, 2.45) is 0 Å². The van der Waals surface area contributed by atoms with Gasteiger partial charge in [-0.3, -0.25) is 0 Å². The number of aliphatic hydroxyl groups is 1. The first-order valence-corrected chi connectivity index (χ1v) is 8.05. The Kier molecular flexibility index (Phi) is 8.18. The Morgan fingerprint density at radius 2 is 1.62 bits per heavy atom. The van der Waals surface area contributed by atoms with Crippen molar-refractivity contribution in [1.82, 2.24) is 0 Å². The van der Waals surface area contributed by atoms with E-state index in [-0.39, 0.29) is 37.6 Å². The Bertz CT molecular complexity index is 533. The lowest BCUT2D eigenvalue weighted by atomic mass is 9.84. The molecule has 0 aliphatic rings. The molecule has 0 amide bonds. The first-order chi connectivity index (χ1) is 11.3. The molecule has 0 saturated heterocycles. The highest BCUT2D eigenvalue weighted by Crippen LogP contribution is 2.34. The predicted octanol–water partition coefficient (Wildman–Crippen LogP) is 2.18. The molecule has 0 aliphatic heterocycles. The smallest absolute Gasteiger partial charge is 0.338 e. The Morgan fingerprint density at radius 3 is 2.21 bits per heavy atom. The second-order valence-corrected chi connectivity index (χ2v) is 6.52. The first kappa shape index (κ1) is 20.4. The third kappa shape index (κ3) is 6.47. The van der Waals surface area contributed by atoms with Crippen LogP contribution in [0.3, 0.4) is 0 Å². The van der Waals surface area contributed by atoms with Crippen LogP contribution in [0.1, 0.15) is 42.3 Å². The first-order valence-electron chi connectivity index (χ1n) is 8.05. The van der Waals surface area contributed by atoms with E-state index in [2.05, 4.69) is 0 Å². The fraction of sp³-hybridized carbons (Fsp3) is 0.611. The zero-order valence-corrected chi connectivity index (χ0v) is 14.9. The summed E-state index contributed by atoms with van der Waals surface area (Å²) in [6.45, 7) is 9.15. The molecule has 1 aromatic carbocycles. The SMILES string of the molecule is Cc1cc(C(=O)OCCOCCOCCO)cc(C(C)(C)C)c1O. The van der Waals surface area contributed by atoms with Crippen LogP contribution in [0.2, 0.25) is 0 Å². The maximum Gasteiger partial charge on any atom is 0.338 e. The molecule has 0 bridgehead atoms. The summed E-state index contributed by atoms with van der Waals surface area (Å²) in [7, 11) is 0. The molecule has 1 rings (SSSR count). The van der Waals surface area contributed by atoms with Gasteiger partial charge in [0.1, 0.15) is 12.4 Å². The lowest BCUT2D eigenvalue weighted by Gasteiger charge is -2.22. The Morgan fingerprint density at radius 1 is 1.04 bits per heavy atom. The molecule has 0 aromatic heterocycles. The van der Waals surface area contributed by atoms with Gasteiger partial charge in [-0.2, -0.15) is 0 Å². The second-order valence-electron chi connectivity index (χ2n) is 6.52. The van der Waals surface area contributed by atoms with Gasteiger partial charge in [0.05, 0.1) is 38.6 Å². The van der Waals surface area contributed by atoms with Crippen molar-refractivity contribution in [3.8, 4) is 5.75 Å². The van der Waals surface area contributed by atoms with Gasteiger partial charge in [0.2, 0.25) is 0 Å². The largest absolute Gasteiger partial charge is 0.507 e. The van der Waals surface area contributed by atoms with E-state index in [4.69, 9.17) is 19.3 Å². The number of carbonyl (C=O) groups excluding carboxylic acids is 1. The standard InChI is InChI=1S/C18H28O6/c1-13-11-14(12-15(16(13)20)18(2,3)4)17(21)24-10-9-23-8-7-22-6-5-19/h11-12,19-20H,5-10H2,1-4H3. The van der Waals surface area contributed by atoms with Crippen molar-refractivity contribution in [3.05, 3.63) is 28.8 Å². The molecule has 6 heteroatoms. The number of aliphatic hydroxyl groups excluding tert-OH is 1. The average Bonchev–Trinajstić information content (AvgIpc) is 2.51. The number of carbonyl (C=O) groups is 1. The number of esters is 1. The molecule has 1 aromatic rings. The van der Waals surface area contributed by atoms with E-state index < -0.39 is 5.97 Å². The van der Waals surface area contributed by atoms with Crippen LogP contribution < -0.4 is 0 Å². The highest BCUT2D eigenvalue weighted by Gasteiger charge is 2.22. The summed E-state index contributed by atoms with van der Waals surface area (Å²) in [5.74, 6) is -0.228. The highest BCUT2D eigenvalue weighted by molar-refractivity contribution is 5.90. The molecule has 2 N–H and O–H groups in total. The van der Waals surface area contributed by atoms with Crippen LogP contribution in [0.25, 0.3) is 0 Å². The van der Waals surface area contributed by atoms with Crippen LogP contribution in [-0.2, 0) is 19.6 Å². The molecule has 136 valence electrons. The van der Waals surface area contributed by atoms with E-state index in [0.29, 0.717) is 29.9 Å². The van der Waals surface area contributed by atoms with Crippen LogP contribution >= 0.6 is 0 Å². The van der Waals surface area contributed by atoms with E-state index in [0.717, 1.165) is 0 Å². The van der Waals surface area contributed by atoms with Crippen LogP contribution in [-0.4, -0.2) is 55.8 Å². The molecule has 0 saturated carbocycles. The summed E-state index contributed by atoms with van der Waals surface area (Å²) in [6.07, 6.45) is 0. The van der Waals surface area contributed by atoms with Gasteiger partial charge in [0.25, 0.3) is 0 Å². The maximum absolute atomic E-state index is 12.1. The predicted molar refractivity (Wildman–Crippen MR) is 90.6 cm³/mol. The van der Waals surface area contributed by atoms with Gasteiger partial charge in [0.15, 0.2) is 0 Å². The van der Waals surface area contributed by atoms with Crippen molar-refractivity contribution in [1.29, 1.82) is 0 Å². The van der Waals surface area contributed by atoms with Gasteiger partial charge >= 0.3 is 5.97 Å². The number of aryl methyl sites for hydroxylation is 1. The third-order valence-corrected chi connectivity index (χ3v) is 3.41. The third-order valence-electron chi connectivity index (χ3n) is 3.41. The number of phenolic OH excluding ortho intramolecular Hbond substituents is 1. The summed E-state index contributed by atoms with van der Waals surface area (Å²) in [6, 6.07) is 3.30. The maximum atomic E-state index is 12.1. The number of benzene rings is 1. The van der Waals surface area contributed by atoms with Crippen LogP contribution in [0.15, 0.2) is 12.1 Å². The van der Waals surface area contributed by atoms with Gasteiger partial charge in [-0.05, 0) is 30.0 Å². The molecule has 0 fully saturated rings. The Labute approximate surface area is 143 Å². The molecule has 24 heavy (non-hydrogen) atoms. The highest BCUT2D eigenvalue weighted by atomic mass is 16.6. The topological polar surface area (TPSA) is 85.2 Å². The van der Waals surface area contributed by atoms with E-state index in [1.54, 1.807) is 19.1 Å². The van der Waals surface area contributed by atoms with Gasteiger partial charge < -0.3 is 24.4 Å². The van der Waals surface area contributed by atoms with E-state index in [9.17, 15) is 9.90 Å². The van der Waals surface area contributed by atoms with Crippen molar-refractivity contribution >= 4 is 5.97 Å². The van der Waals surface area contributed by atoms with Crippen molar-refractivity contribution in [2.45, 2.75) is 33.1 Å². The number of rotatable bonds is 9. The van der Waals surface area contributed by atoms with E-state index >= 15 is 0 Å². The van der Waals surface area contributed by atoms with Crippen molar-refractivity contribution in [3.63, 3.8) is 0 Å². The average molecular weight is 340 g/mol. The summed E-state index contributed by atoms with van der Waals surface area (Å²) < 4.78 is 15.5. The number of hydrogen-bond donors (Lipinski definition) is 2. The summed E-state index contributed by atoms with van der Waals surface area (Å²) in [5.41, 5.74) is 1.50. The van der Waals surface area contributed by atoms with Gasteiger partial charge in [-0.15, -0.1) is 0 Å². The Hall–Kier alpha value is -1.63. The zero-order chi connectivity index (χ0) is 18.2. The minimum Gasteiger partial charge on any atom is -0.507 e. The van der Waals surface area contributed by atoms with E-state index in [1.807, 2.05) is 20.8 Å². The summed E-state index contributed by atoms with van der Waals surface area (Å²) in [4.78, 5) is 12.1.